The monoisotopic (exact) mass is 491 g/mol. The summed E-state index contributed by atoms with van der Waals surface area (Å²) >= 11 is 2.02. The van der Waals surface area contributed by atoms with Crippen molar-refractivity contribution in [3.05, 3.63) is 87.0 Å². The Morgan fingerprint density at radius 1 is 1.07 bits per heavy atom. The van der Waals surface area contributed by atoms with Gasteiger partial charge < -0.3 is 15.7 Å². The fourth-order valence-corrected chi connectivity index (χ4v) is 2.92. The zero-order valence-corrected chi connectivity index (χ0v) is 16.6. The Morgan fingerprint density at radius 3 is 2.50 bits per heavy atom. The number of halogens is 2. The van der Waals surface area contributed by atoms with E-state index in [2.05, 4.69) is 15.6 Å². The minimum Gasteiger partial charge on any atom is -0.478 e. The van der Waals surface area contributed by atoms with Crippen LogP contribution in [0.4, 0.5) is 15.8 Å². The summed E-state index contributed by atoms with van der Waals surface area (Å²) in [6.45, 7) is 0.221. The first-order valence-electron chi connectivity index (χ1n) is 8.20. The smallest absolute Gasteiger partial charge is 0.335 e. The summed E-state index contributed by atoms with van der Waals surface area (Å²) in [7, 11) is 0. The molecule has 0 saturated carbocycles. The van der Waals surface area contributed by atoms with Crippen LogP contribution in [0.5, 0.6) is 0 Å². The second-order valence-corrected chi connectivity index (χ2v) is 7.10. The summed E-state index contributed by atoms with van der Waals surface area (Å²) in [5.74, 6) is -1.80. The first-order valence-corrected chi connectivity index (χ1v) is 9.28. The molecule has 8 heteroatoms. The quantitative estimate of drug-likeness (QED) is 0.450. The van der Waals surface area contributed by atoms with Crippen LogP contribution in [0, 0.1) is 9.39 Å². The molecule has 3 rings (SSSR count). The number of nitrogens with one attached hydrogen (secondary N) is 2. The van der Waals surface area contributed by atoms with Crippen molar-refractivity contribution in [1.82, 2.24) is 10.3 Å². The van der Waals surface area contributed by atoms with Crippen molar-refractivity contribution in [2.75, 3.05) is 5.32 Å². The number of nitrogens with zero attached hydrogens (tertiary/aromatic N) is 1. The van der Waals surface area contributed by atoms with E-state index in [-0.39, 0.29) is 23.7 Å². The zero-order valence-electron chi connectivity index (χ0n) is 14.4. The molecule has 1 heterocycles. The maximum absolute atomic E-state index is 14.1. The lowest BCUT2D eigenvalue weighted by molar-refractivity contribution is 0.0696. The number of rotatable bonds is 6. The first-order chi connectivity index (χ1) is 13.4. The minimum absolute atomic E-state index is 0.176. The molecule has 0 atom stereocenters. The van der Waals surface area contributed by atoms with Gasteiger partial charge in [0.1, 0.15) is 5.82 Å². The number of carbonyl (C=O) groups is 2. The average molecular weight is 491 g/mol. The van der Waals surface area contributed by atoms with Gasteiger partial charge in [-0.3, -0.25) is 9.78 Å². The Morgan fingerprint density at radius 2 is 1.82 bits per heavy atom. The molecule has 0 spiro atoms. The molecule has 0 aliphatic heterocycles. The molecule has 0 aliphatic rings. The average Bonchev–Trinajstić information content (AvgIpc) is 2.69. The van der Waals surface area contributed by atoms with Crippen LogP contribution < -0.4 is 10.6 Å². The highest BCUT2D eigenvalue weighted by Gasteiger charge is 2.13. The molecule has 6 nitrogen and oxygen atoms in total. The van der Waals surface area contributed by atoms with Crippen molar-refractivity contribution in [3.8, 4) is 0 Å². The third-order valence-electron chi connectivity index (χ3n) is 3.92. The molecule has 0 radical (unpaired) electrons. The maximum Gasteiger partial charge on any atom is 0.335 e. The molecule has 0 aliphatic carbocycles. The van der Waals surface area contributed by atoms with Crippen molar-refractivity contribution < 1.29 is 19.1 Å². The Bertz CT molecular complexity index is 1030. The molecule has 0 saturated heterocycles. The van der Waals surface area contributed by atoms with Gasteiger partial charge in [0.05, 0.1) is 28.7 Å². The summed E-state index contributed by atoms with van der Waals surface area (Å²) in [5, 5.41) is 14.6. The number of aromatic carboxylic acids is 1. The Hall–Kier alpha value is -3.01. The molecule has 0 bridgehead atoms. The summed E-state index contributed by atoms with van der Waals surface area (Å²) in [6, 6.07) is 12.5. The maximum atomic E-state index is 14.1. The number of amides is 1. The highest BCUT2D eigenvalue weighted by molar-refractivity contribution is 14.1. The topological polar surface area (TPSA) is 91.3 Å². The second-order valence-electron chi connectivity index (χ2n) is 5.86. The standard InChI is InChI=1S/C20H15FIN3O3/c21-16-9-14(22)5-6-17(16)25-18-11-23-8-7-15(18)19(26)24-10-12-1-3-13(4-2-12)20(27)28/h1-9,11,25H,10H2,(H,24,26)(H,27,28). The van der Waals surface area contributed by atoms with E-state index in [0.29, 0.717) is 11.3 Å². The summed E-state index contributed by atoms with van der Waals surface area (Å²) in [4.78, 5) is 27.5. The third-order valence-corrected chi connectivity index (χ3v) is 4.59. The van der Waals surface area contributed by atoms with Gasteiger partial charge in [-0.15, -0.1) is 0 Å². The normalized spacial score (nSPS) is 10.4. The minimum atomic E-state index is -1.01. The molecular formula is C20H15FIN3O3. The van der Waals surface area contributed by atoms with Gasteiger partial charge in [0.2, 0.25) is 0 Å². The number of hydrogen-bond acceptors (Lipinski definition) is 4. The molecule has 3 N–H and O–H groups in total. The van der Waals surface area contributed by atoms with Gasteiger partial charge in [0.15, 0.2) is 0 Å². The van der Waals surface area contributed by atoms with Gasteiger partial charge in [-0.2, -0.15) is 0 Å². The first kappa shape index (κ1) is 19.7. The fourth-order valence-electron chi connectivity index (χ4n) is 2.47. The van der Waals surface area contributed by atoms with E-state index in [4.69, 9.17) is 5.11 Å². The molecular weight excluding hydrogens is 476 g/mol. The van der Waals surface area contributed by atoms with E-state index in [1.165, 1.54) is 36.7 Å². The van der Waals surface area contributed by atoms with Crippen molar-refractivity contribution in [2.45, 2.75) is 6.54 Å². The van der Waals surface area contributed by atoms with E-state index in [1.807, 2.05) is 22.6 Å². The number of pyridine rings is 1. The third kappa shape index (κ3) is 4.83. The SMILES string of the molecule is O=C(O)c1ccc(CNC(=O)c2ccncc2Nc2ccc(I)cc2F)cc1. The van der Waals surface area contributed by atoms with Crippen LogP contribution in [-0.2, 0) is 6.54 Å². The molecule has 3 aromatic rings. The van der Waals surface area contributed by atoms with E-state index in [1.54, 1.807) is 24.3 Å². The zero-order chi connectivity index (χ0) is 20.1. The van der Waals surface area contributed by atoms with Gasteiger partial charge in [0, 0.05) is 16.3 Å². The second kappa shape index (κ2) is 8.79. The van der Waals surface area contributed by atoms with Crippen molar-refractivity contribution in [2.24, 2.45) is 0 Å². The van der Waals surface area contributed by atoms with Crippen LogP contribution in [0.15, 0.2) is 60.9 Å². The Balaban J connectivity index is 1.72. The van der Waals surface area contributed by atoms with Gasteiger partial charge in [0.25, 0.3) is 5.91 Å². The van der Waals surface area contributed by atoms with Crippen LogP contribution in [0.25, 0.3) is 0 Å². The predicted octanol–water partition coefficient (Wildman–Crippen LogP) is 4.20. The highest BCUT2D eigenvalue weighted by atomic mass is 127. The van der Waals surface area contributed by atoms with E-state index < -0.39 is 11.8 Å². The number of carbonyl (C=O) groups excluding carboxylic acids is 1. The van der Waals surface area contributed by atoms with Crippen LogP contribution in [0.1, 0.15) is 26.3 Å². The molecule has 2 aromatic carbocycles. The van der Waals surface area contributed by atoms with Crippen molar-refractivity contribution in [1.29, 1.82) is 0 Å². The lowest BCUT2D eigenvalue weighted by atomic mass is 10.1. The predicted molar refractivity (Wildman–Crippen MR) is 111 cm³/mol. The number of anilines is 2. The molecule has 0 fully saturated rings. The Kier molecular flexibility index (Phi) is 6.19. The Labute approximate surface area is 174 Å². The number of benzene rings is 2. The van der Waals surface area contributed by atoms with Crippen molar-refractivity contribution in [3.63, 3.8) is 0 Å². The van der Waals surface area contributed by atoms with Gasteiger partial charge >= 0.3 is 5.97 Å². The molecule has 28 heavy (non-hydrogen) atoms. The number of carboxylic acids is 1. The lowest BCUT2D eigenvalue weighted by Gasteiger charge is -2.12. The van der Waals surface area contributed by atoms with E-state index in [9.17, 15) is 14.0 Å². The number of carboxylic acid groups (broad SMARTS) is 1. The number of hydrogen-bond donors (Lipinski definition) is 3. The van der Waals surface area contributed by atoms with Crippen molar-refractivity contribution >= 4 is 45.8 Å². The summed E-state index contributed by atoms with van der Waals surface area (Å²) in [6.07, 6.45) is 2.93. The highest BCUT2D eigenvalue weighted by Crippen LogP contribution is 2.24. The van der Waals surface area contributed by atoms with E-state index in [0.717, 1.165) is 9.13 Å². The van der Waals surface area contributed by atoms with Gasteiger partial charge in [-0.25, -0.2) is 9.18 Å². The number of aromatic nitrogens is 1. The van der Waals surface area contributed by atoms with Gasteiger partial charge in [-0.05, 0) is 64.6 Å². The largest absolute Gasteiger partial charge is 0.478 e. The molecule has 1 amide bonds. The van der Waals surface area contributed by atoms with Crippen LogP contribution in [0.3, 0.4) is 0 Å². The summed E-state index contributed by atoms with van der Waals surface area (Å²) < 4.78 is 14.9. The molecule has 1 aromatic heterocycles. The summed E-state index contributed by atoms with van der Waals surface area (Å²) in [5.41, 5.74) is 1.86. The van der Waals surface area contributed by atoms with Gasteiger partial charge in [-0.1, -0.05) is 12.1 Å². The fraction of sp³-hybridized carbons (Fsp3) is 0.0500. The lowest BCUT2D eigenvalue weighted by Crippen LogP contribution is -2.23. The van der Waals surface area contributed by atoms with Crippen LogP contribution in [0.2, 0.25) is 0 Å². The molecule has 0 unspecified atom stereocenters. The van der Waals surface area contributed by atoms with Crippen LogP contribution >= 0.6 is 22.6 Å². The van der Waals surface area contributed by atoms with E-state index >= 15 is 0 Å². The molecule has 142 valence electrons. The van der Waals surface area contributed by atoms with Crippen LogP contribution in [-0.4, -0.2) is 22.0 Å².